The van der Waals surface area contributed by atoms with Crippen LogP contribution in [0.15, 0.2) is 28.8 Å². The Balaban J connectivity index is 1.48. The monoisotopic (exact) mass is 356 g/mol. The van der Waals surface area contributed by atoms with E-state index in [4.69, 9.17) is 15.0 Å². The summed E-state index contributed by atoms with van der Waals surface area (Å²) in [6.45, 7) is 0. The second-order valence-electron chi connectivity index (χ2n) is 7.34. The molecule has 2 atom stereocenters. The van der Waals surface area contributed by atoms with E-state index in [1.807, 2.05) is 18.2 Å². The Morgan fingerprint density at radius 3 is 2.81 bits per heavy atom. The van der Waals surface area contributed by atoms with Gasteiger partial charge in [-0.3, -0.25) is 4.79 Å². The van der Waals surface area contributed by atoms with E-state index in [0.717, 1.165) is 31.2 Å². The number of hydrogen-bond donors (Lipinski definition) is 2. The first kappa shape index (κ1) is 17.0. The molecule has 0 spiro atoms. The molecule has 138 valence electrons. The first-order valence-corrected chi connectivity index (χ1v) is 9.18. The number of aromatic nitrogens is 2. The van der Waals surface area contributed by atoms with Gasteiger partial charge < -0.3 is 20.3 Å². The van der Waals surface area contributed by atoms with Crippen LogP contribution in [0.25, 0.3) is 11.5 Å². The van der Waals surface area contributed by atoms with Crippen LogP contribution in [0.5, 0.6) is 5.75 Å². The minimum Gasteiger partial charge on any atom is -0.497 e. The highest BCUT2D eigenvalue weighted by atomic mass is 16.5. The molecule has 1 heterocycles. The molecule has 7 nitrogen and oxygen atoms in total. The van der Waals surface area contributed by atoms with E-state index >= 15 is 0 Å². The van der Waals surface area contributed by atoms with E-state index < -0.39 is 0 Å². The lowest BCUT2D eigenvalue weighted by molar-refractivity contribution is 0.0744. The zero-order valence-electron chi connectivity index (χ0n) is 14.9. The minimum absolute atomic E-state index is 0.0655. The smallest absolute Gasteiger partial charge is 0.292 e. The molecule has 2 saturated carbocycles. The third-order valence-corrected chi connectivity index (χ3v) is 5.62. The predicted molar refractivity (Wildman–Crippen MR) is 95.6 cm³/mol. The van der Waals surface area contributed by atoms with Crippen molar-refractivity contribution in [1.29, 1.82) is 0 Å². The summed E-state index contributed by atoms with van der Waals surface area (Å²) in [4.78, 5) is 16.9. The maximum absolute atomic E-state index is 12.6. The van der Waals surface area contributed by atoms with Crippen LogP contribution in [0.3, 0.4) is 0 Å². The molecule has 2 bridgehead atoms. The normalized spacial score (nSPS) is 27.8. The Bertz CT molecular complexity index is 777. The lowest BCUT2D eigenvalue weighted by Gasteiger charge is -2.45. The average molecular weight is 356 g/mol. The third-order valence-electron chi connectivity index (χ3n) is 5.62. The molecular formula is C19H24N4O3. The summed E-state index contributed by atoms with van der Waals surface area (Å²) in [6.07, 6.45) is 5.41. The molecular weight excluding hydrogens is 332 g/mol. The fourth-order valence-corrected chi connectivity index (χ4v) is 4.43. The number of carbonyl (C=O) groups excluding carboxylic acids is 1. The average Bonchev–Trinajstić information content (AvgIpc) is 3.13. The van der Waals surface area contributed by atoms with Gasteiger partial charge in [0.2, 0.25) is 0 Å². The standard InChI is InChI=1S/C19H24N4O3/c1-25-15-7-3-6-13(10-15)19-22-17(23-26-19)18(24)21-16-11-4-2-5-12(16)9-14(20)8-11/h3,6-7,10-12,14,16H,2,4-5,8-9,20H2,1H3,(H,21,24). The van der Waals surface area contributed by atoms with Gasteiger partial charge in [0.25, 0.3) is 17.6 Å². The molecule has 4 rings (SSSR count). The molecule has 1 aromatic heterocycles. The van der Waals surface area contributed by atoms with Crippen LogP contribution in [0.1, 0.15) is 42.7 Å². The number of rotatable bonds is 4. The first-order chi connectivity index (χ1) is 12.6. The maximum atomic E-state index is 12.6. The van der Waals surface area contributed by atoms with Crippen molar-refractivity contribution in [3.05, 3.63) is 30.1 Å². The topological polar surface area (TPSA) is 103 Å². The van der Waals surface area contributed by atoms with Crippen molar-refractivity contribution in [3.63, 3.8) is 0 Å². The van der Waals surface area contributed by atoms with Crippen LogP contribution >= 0.6 is 0 Å². The Kier molecular flexibility index (Phi) is 4.63. The molecule has 26 heavy (non-hydrogen) atoms. The highest BCUT2D eigenvalue weighted by Gasteiger charge is 2.40. The number of carbonyl (C=O) groups is 1. The number of hydrogen-bond acceptors (Lipinski definition) is 6. The second kappa shape index (κ2) is 7.07. The lowest BCUT2D eigenvalue weighted by atomic mass is 9.67. The maximum Gasteiger partial charge on any atom is 0.292 e. The zero-order valence-corrected chi connectivity index (χ0v) is 14.9. The van der Waals surface area contributed by atoms with Crippen molar-refractivity contribution in [2.75, 3.05) is 7.11 Å². The number of benzene rings is 1. The van der Waals surface area contributed by atoms with Crippen LogP contribution < -0.4 is 15.8 Å². The molecule has 0 saturated heterocycles. The molecule has 2 aliphatic carbocycles. The summed E-state index contributed by atoms with van der Waals surface area (Å²) in [5.74, 6) is 1.69. The molecule has 0 aliphatic heterocycles. The van der Waals surface area contributed by atoms with Gasteiger partial charge in [0.15, 0.2) is 0 Å². The van der Waals surface area contributed by atoms with Crippen molar-refractivity contribution in [2.45, 2.75) is 44.2 Å². The zero-order chi connectivity index (χ0) is 18.1. The molecule has 1 amide bonds. The van der Waals surface area contributed by atoms with Gasteiger partial charge in [0.05, 0.1) is 7.11 Å². The van der Waals surface area contributed by atoms with E-state index in [0.29, 0.717) is 23.5 Å². The third kappa shape index (κ3) is 3.31. The molecule has 0 radical (unpaired) electrons. The molecule has 1 aromatic carbocycles. The fourth-order valence-electron chi connectivity index (χ4n) is 4.43. The van der Waals surface area contributed by atoms with Crippen molar-refractivity contribution in [1.82, 2.24) is 15.5 Å². The predicted octanol–water partition coefficient (Wildman–Crippen LogP) is 2.38. The largest absolute Gasteiger partial charge is 0.497 e. The number of ether oxygens (including phenoxy) is 1. The van der Waals surface area contributed by atoms with Crippen LogP contribution in [-0.2, 0) is 0 Å². The van der Waals surface area contributed by atoms with Gasteiger partial charge in [0, 0.05) is 17.6 Å². The van der Waals surface area contributed by atoms with E-state index in [9.17, 15) is 4.79 Å². The van der Waals surface area contributed by atoms with Gasteiger partial charge in [-0.2, -0.15) is 4.98 Å². The molecule has 2 aromatic rings. The van der Waals surface area contributed by atoms with Gasteiger partial charge >= 0.3 is 0 Å². The Labute approximate surface area is 152 Å². The number of nitrogens with zero attached hydrogens (tertiary/aromatic N) is 2. The van der Waals surface area contributed by atoms with Gasteiger partial charge in [-0.05, 0) is 55.7 Å². The van der Waals surface area contributed by atoms with E-state index in [1.165, 1.54) is 6.42 Å². The molecule has 2 fully saturated rings. The van der Waals surface area contributed by atoms with Gasteiger partial charge in [0.1, 0.15) is 5.75 Å². The SMILES string of the molecule is COc1cccc(-c2nc(C(=O)NC3C4CCCC3CC(N)C4)no2)c1. The van der Waals surface area contributed by atoms with Gasteiger partial charge in [-0.1, -0.05) is 17.6 Å². The van der Waals surface area contributed by atoms with Crippen molar-refractivity contribution < 1.29 is 14.1 Å². The summed E-state index contributed by atoms with van der Waals surface area (Å²) < 4.78 is 10.5. The van der Waals surface area contributed by atoms with E-state index in [1.54, 1.807) is 13.2 Å². The second-order valence-corrected chi connectivity index (χ2v) is 7.34. The summed E-state index contributed by atoms with van der Waals surface area (Å²) in [6, 6.07) is 7.72. The summed E-state index contributed by atoms with van der Waals surface area (Å²) in [7, 11) is 1.60. The minimum atomic E-state index is -0.278. The number of nitrogens with two attached hydrogens (primary N) is 1. The molecule has 2 aliphatic rings. The molecule has 7 heteroatoms. The summed E-state index contributed by atoms with van der Waals surface area (Å²) >= 11 is 0. The molecule has 3 N–H and O–H groups in total. The van der Waals surface area contributed by atoms with Crippen LogP contribution in [0.4, 0.5) is 0 Å². The van der Waals surface area contributed by atoms with Crippen molar-refractivity contribution in [2.24, 2.45) is 17.6 Å². The number of nitrogens with one attached hydrogen (secondary N) is 1. The van der Waals surface area contributed by atoms with Crippen LogP contribution in [-0.4, -0.2) is 35.2 Å². The Hall–Kier alpha value is -2.41. The van der Waals surface area contributed by atoms with E-state index in [-0.39, 0.29) is 23.8 Å². The van der Waals surface area contributed by atoms with Gasteiger partial charge in [-0.25, -0.2) is 0 Å². The quantitative estimate of drug-likeness (QED) is 0.872. The van der Waals surface area contributed by atoms with Crippen molar-refractivity contribution in [3.8, 4) is 17.2 Å². The number of methoxy groups -OCH3 is 1. The highest BCUT2D eigenvalue weighted by Crippen LogP contribution is 2.39. The van der Waals surface area contributed by atoms with Crippen LogP contribution in [0, 0.1) is 11.8 Å². The Morgan fingerprint density at radius 2 is 2.08 bits per heavy atom. The van der Waals surface area contributed by atoms with Crippen LogP contribution in [0.2, 0.25) is 0 Å². The fraction of sp³-hybridized carbons (Fsp3) is 0.526. The van der Waals surface area contributed by atoms with Gasteiger partial charge in [-0.15, -0.1) is 0 Å². The number of amides is 1. The first-order valence-electron chi connectivity index (χ1n) is 9.18. The highest BCUT2D eigenvalue weighted by molar-refractivity contribution is 5.90. The summed E-state index contributed by atoms with van der Waals surface area (Å²) in [5, 5.41) is 7.00. The summed E-state index contributed by atoms with van der Waals surface area (Å²) in [5.41, 5.74) is 6.88. The Morgan fingerprint density at radius 1 is 1.31 bits per heavy atom. The van der Waals surface area contributed by atoms with Crippen molar-refractivity contribution >= 4 is 5.91 Å². The van der Waals surface area contributed by atoms with E-state index in [2.05, 4.69) is 15.5 Å². The number of fused-ring (bicyclic) bond motifs is 2. The lowest BCUT2D eigenvalue weighted by Crippen LogP contribution is -2.53. The molecule has 2 unspecified atom stereocenters.